The predicted octanol–water partition coefficient (Wildman–Crippen LogP) is 0.921. The Kier molecular flexibility index (Phi) is 3.38. The monoisotopic (exact) mass is 335 g/mol. The molecular weight excluding hydrogens is 322 g/mol. The van der Waals surface area contributed by atoms with Crippen LogP contribution in [0.3, 0.4) is 0 Å². The molecule has 1 unspecified atom stereocenters. The van der Waals surface area contributed by atoms with Crippen molar-refractivity contribution in [2.45, 2.75) is 6.17 Å². The Hall–Kier alpha value is -3.75. The van der Waals surface area contributed by atoms with Gasteiger partial charge in [-0.1, -0.05) is 12.1 Å². The highest BCUT2D eigenvalue weighted by Gasteiger charge is 2.34. The Bertz CT molecular complexity index is 1000. The molecule has 0 saturated heterocycles. The summed E-state index contributed by atoms with van der Waals surface area (Å²) in [7, 11) is 0. The van der Waals surface area contributed by atoms with Gasteiger partial charge in [-0.05, 0) is 24.3 Å². The van der Waals surface area contributed by atoms with Crippen LogP contribution in [0.15, 0.2) is 53.6 Å². The van der Waals surface area contributed by atoms with Gasteiger partial charge in [-0.3, -0.25) is 9.78 Å². The van der Waals surface area contributed by atoms with Gasteiger partial charge in [0.2, 0.25) is 0 Å². The van der Waals surface area contributed by atoms with Crippen LogP contribution in [0, 0.1) is 0 Å². The molecule has 1 aliphatic rings. The van der Waals surface area contributed by atoms with Gasteiger partial charge in [-0.15, -0.1) is 0 Å². The number of anilines is 3. The Balaban J connectivity index is 1.93. The first kappa shape index (κ1) is 14.8. The number of nitrogens with two attached hydrogens (primary N) is 1. The zero-order valence-electron chi connectivity index (χ0n) is 12.9. The van der Waals surface area contributed by atoms with Crippen molar-refractivity contribution in [2.24, 2.45) is 5.73 Å². The minimum Gasteiger partial charge on any atom is -0.364 e. The SMILES string of the molecule is NC(=O)c1[nH]c(=O)ncc1N1c2ccccc2NC1c1cccnn1. The number of H-pyrrole nitrogens is 1. The lowest BCUT2D eigenvalue weighted by Crippen LogP contribution is -2.30. The van der Waals surface area contributed by atoms with E-state index in [-0.39, 0.29) is 5.69 Å². The van der Waals surface area contributed by atoms with Crippen LogP contribution < -0.4 is 21.6 Å². The van der Waals surface area contributed by atoms with Crippen LogP contribution in [-0.4, -0.2) is 26.1 Å². The Labute approximate surface area is 141 Å². The van der Waals surface area contributed by atoms with E-state index in [9.17, 15) is 9.59 Å². The van der Waals surface area contributed by atoms with Crippen LogP contribution in [0.1, 0.15) is 22.3 Å². The third kappa shape index (κ3) is 2.47. The average molecular weight is 335 g/mol. The van der Waals surface area contributed by atoms with Crippen LogP contribution >= 0.6 is 0 Å². The number of nitrogens with zero attached hydrogens (tertiary/aromatic N) is 4. The molecule has 25 heavy (non-hydrogen) atoms. The molecule has 1 amide bonds. The number of hydrogen-bond donors (Lipinski definition) is 3. The summed E-state index contributed by atoms with van der Waals surface area (Å²) >= 11 is 0. The van der Waals surface area contributed by atoms with Crippen molar-refractivity contribution in [1.82, 2.24) is 20.2 Å². The van der Waals surface area contributed by atoms with E-state index in [1.807, 2.05) is 35.2 Å². The number of aromatic nitrogens is 4. The maximum atomic E-state index is 11.8. The van der Waals surface area contributed by atoms with Crippen molar-refractivity contribution in [3.05, 3.63) is 70.7 Å². The number of para-hydroxylation sites is 2. The normalized spacial score (nSPS) is 15.5. The lowest BCUT2D eigenvalue weighted by atomic mass is 10.2. The van der Waals surface area contributed by atoms with E-state index in [0.717, 1.165) is 11.4 Å². The van der Waals surface area contributed by atoms with Crippen molar-refractivity contribution in [2.75, 3.05) is 10.2 Å². The van der Waals surface area contributed by atoms with Crippen LogP contribution in [-0.2, 0) is 0 Å². The number of nitrogens with one attached hydrogen (secondary N) is 2. The molecule has 0 saturated carbocycles. The lowest BCUT2D eigenvalue weighted by Gasteiger charge is -2.26. The van der Waals surface area contributed by atoms with Gasteiger partial charge in [0.05, 0.1) is 23.3 Å². The number of primary amides is 1. The molecule has 3 aromatic rings. The number of aromatic amines is 1. The number of benzene rings is 1. The Morgan fingerprint density at radius 2 is 2.00 bits per heavy atom. The highest BCUT2D eigenvalue weighted by Crippen LogP contribution is 2.45. The second kappa shape index (κ2) is 5.71. The van der Waals surface area contributed by atoms with Crippen LogP contribution in [0.5, 0.6) is 0 Å². The van der Waals surface area contributed by atoms with Crippen molar-refractivity contribution in [1.29, 1.82) is 0 Å². The van der Waals surface area contributed by atoms with Crippen LogP contribution in [0.2, 0.25) is 0 Å². The number of rotatable bonds is 3. The quantitative estimate of drug-likeness (QED) is 0.649. The van der Waals surface area contributed by atoms with Gasteiger partial charge in [-0.2, -0.15) is 15.2 Å². The molecule has 3 heterocycles. The molecule has 0 radical (unpaired) electrons. The Morgan fingerprint density at radius 3 is 2.76 bits per heavy atom. The smallest absolute Gasteiger partial charge is 0.345 e. The molecule has 0 spiro atoms. The Morgan fingerprint density at radius 1 is 1.16 bits per heavy atom. The molecule has 0 fully saturated rings. The average Bonchev–Trinajstić information content (AvgIpc) is 3.02. The molecule has 1 aliphatic heterocycles. The summed E-state index contributed by atoms with van der Waals surface area (Å²) < 4.78 is 0. The molecular formula is C16H13N7O2. The van der Waals surface area contributed by atoms with Crippen molar-refractivity contribution in [3.63, 3.8) is 0 Å². The van der Waals surface area contributed by atoms with E-state index in [1.165, 1.54) is 6.20 Å². The zero-order chi connectivity index (χ0) is 17.4. The van der Waals surface area contributed by atoms with Gasteiger partial charge in [0.1, 0.15) is 17.6 Å². The minimum absolute atomic E-state index is 0.0209. The first-order valence-corrected chi connectivity index (χ1v) is 7.46. The zero-order valence-corrected chi connectivity index (χ0v) is 12.9. The lowest BCUT2D eigenvalue weighted by molar-refractivity contribution is 0.0995. The molecule has 9 heteroatoms. The molecule has 2 aromatic heterocycles. The van der Waals surface area contributed by atoms with E-state index in [1.54, 1.807) is 12.3 Å². The number of amides is 1. The van der Waals surface area contributed by atoms with Gasteiger partial charge in [-0.25, -0.2) is 4.79 Å². The van der Waals surface area contributed by atoms with Gasteiger partial charge in [0, 0.05) is 6.20 Å². The topological polar surface area (TPSA) is 130 Å². The molecule has 124 valence electrons. The number of fused-ring (bicyclic) bond motifs is 1. The maximum absolute atomic E-state index is 11.8. The summed E-state index contributed by atoms with van der Waals surface area (Å²) in [5.41, 5.74) is 7.44. The van der Waals surface area contributed by atoms with Gasteiger partial charge in [0.15, 0.2) is 0 Å². The summed E-state index contributed by atoms with van der Waals surface area (Å²) in [6.07, 6.45) is 2.47. The van der Waals surface area contributed by atoms with E-state index >= 15 is 0 Å². The first-order chi connectivity index (χ1) is 12.1. The van der Waals surface area contributed by atoms with Crippen molar-refractivity contribution >= 4 is 23.0 Å². The summed E-state index contributed by atoms with van der Waals surface area (Å²) in [5.74, 6) is -0.753. The third-order valence-electron chi connectivity index (χ3n) is 3.89. The van der Waals surface area contributed by atoms with Gasteiger partial charge >= 0.3 is 5.69 Å². The number of carbonyl (C=O) groups excluding carboxylic acids is 1. The second-order valence-corrected chi connectivity index (χ2v) is 5.40. The fourth-order valence-electron chi connectivity index (χ4n) is 2.85. The summed E-state index contributed by atoms with van der Waals surface area (Å²) in [4.78, 5) is 31.3. The fourth-order valence-corrected chi connectivity index (χ4v) is 2.85. The van der Waals surface area contributed by atoms with Crippen LogP contribution in [0.25, 0.3) is 0 Å². The van der Waals surface area contributed by atoms with Gasteiger partial charge < -0.3 is 16.0 Å². The number of carbonyl (C=O) groups is 1. The summed E-state index contributed by atoms with van der Waals surface area (Å²) in [5, 5.41) is 11.4. The predicted molar refractivity (Wildman–Crippen MR) is 90.4 cm³/mol. The first-order valence-electron chi connectivity index (χ1n) is 7.46. The molecule has 1 atom stereocenters. The second-order valence-electron chi connectivity index (χ2n) is 5.40. The van der Waals surface area contributed by atoms with E-state index in [0.29, 0.717) is 11.4 Å². The largest absolute Gasteiger partial charge is 0.364 e. The molecule has 0 bridgehead atoms. The van der Waals surface area contributed by atoms with Gasteiger partial charge in [0.25, 0.3) is 5.91 Å². The molecule has 4 rings (SSSR count). The standard InChI is InChI=1S/C16H13N7O2/c17-14(24)13-12(8-18-16(25)21-13)23-11-6-2-1-4-9(11)20-15(23)10-5-3-7-19-22-10/h1-8,15,20H,(H2,17,24)(H,18,21,25). The highest BCUT2D eigenvalue weighted by atomic mass is 16.2. The van der Waals surface area contributed by atoms with E-state index < -0.39 is 17.8 Å². The minimum atomic E-state index is -0.753. The van der Waals surface area contributed by atoms with E-state index in [4.69, 9.17) is 5.73 Å². The molecule has 1 aromatic carbocycles. The molecule has 4 N–H and O–H groups in total. The van der Waals surface area contributed by atoms with Crippen molar-refractivity contribution < 1.29 is 4.79 Å². The molecule has 9 nitrogen and oxygen atoms in total. The summed E-state index contributed by atoms with van der Waals surface area (Å²) in [6.45, 7) is 0. The number of hydrogen-bond acceptors (Lipinski definition) is 7. The fraction of sp³-hybridized carbons (Fsp3) is 0.0625. The van der Waals surface area contributed by atoms with Crippen LogP contribution in [0.4, 0.5) is 17.1 Å². The molecule has 0 aliphatic carbocycles. The maximum Gasteiger partial charge on any atom is 0.345 e. The highest BCUT2D eigenvalue weighted by molar-refractivity contribution is 5.98. The third-order valence-corrected chi connectivity index (χ3v) is 3.89. The van der Waals surface area contributed by atoms with Crippen molar-refractivity contribution in [3.8, 4) is 0 Å². The van der Waals surface area contributed by atoms with E-state index in [2.05, 4.69) is 25.5 Å². The summed E-state index contributed by atoms with van der Waals surface area (Å²) in [6, 6.07) is 11.1.